The van der Waals surface area contributed by atoms with Crippen LogP contribution in [0, 0.1) is 6.92 Å². The van der Waals surface area contributed by atoms with Crippen molar-refractivity contribution in [1.29, 1.82) is 0 Å². The van der Waals surface area contributed by atoms with Crippen molar-refractivity contribution in [2.24, 2.45) is 10.7 Å². The van der Waals surface area contributed by atoms with Crippen LogP contribution < -0.4 is 15.8 Å². The first-order valence-corrected chi connectivity index (χ1v) is 8.31. The quantitative estimate of drug-likeness (QED) is 0.389. The number of hydrogen-bond donors (Lipinski definition) is 2. The Labute approximate surface area is 159 Å². The van der Waals surface area contributed by atoms with E-state index in [0.29, 0.717) is 12.5 Å². The number of aliphatic imine (C=N–C) groups is 1. The molecule has 6 heteroatoms. The van der Waals surface area contributed by atoms with Crippen LogP contribution in [-0.4, -0.2) is 25.2 Å². The molecule has 2 rings (SSSR count). The minimum atomic E-state index is -0.0144. The van der Waals surface area contributed by atoms with Gasteiger partial charge < -0.3 is 15.8 Å². The molecule has 23 heavy (non-hydrogen) atoms. The molecule has 1 unspecified atom stereocenters. The number of rotatable bonds is 7. The maximum absolute atomic E-state index is 5.87. The molecule has 0 aliphatic carbocycles. The Morgan fingerprint density at radius 2 is 2.17 bits per heavy atom. The van der Waals surface area contributed by atoms with E-state index in [1.807, 2.05) is 38.1 Å². The average Bonchev–Trinajstić information content (AvgIpc) is 2.98. The molecule has 3 N–H and O–H groups in total. The van der Waals surface area contributed by atoms with Crippen LogP contribution in [0.25, 0.3) is 0 Å². The summed E-state index contributed by atoms with van der Waals surface area (Å²) in [4.78, 5) is 5.67. The second-order valence-corrected chi connectivity index (χ2v) is 6.26. The number of guanidine groups is 1. The number of nitrogens with two attached hydrogens (primary N) is 1. The highest BCUT2D eigenvalue weighted by molar-refractivity contribution is 14.0. The van der Waals surface area contributed by atoms with Gasteiger partial charge in [-0.3, -0.25) is 0 Å². The highest BCUT2D eigenvalue weighted by atomic mass is 127. The smallest absolute Gasteiger partial charge is 0.188 e. The molecule has 0 saturated heterocycles. The van der Waals surface area contributed by atoms with Gasteiger partial charge in [0, 0.05) is 11.4 Å². The zero-order valence-corrected chi connectivity index (χ0v) is 16.6. The topological polar surface area (TPSA) is 59.6 Å². The van der Waals surface area contributed by atoms with Crippen molar-refractivity contribution >= 4 is 41.3 Å². The Morgan fingerprint density at radius 1 is 1.35 bits per heavy atom. The molecule has 1 heterocycles. The van der Waals surface area contributed by atoms with Gasteiger partial charge in [0.2, 0.25) is 0 Å². The number of nitrogens with one attached hydrogen (secondary N) is 1. The monoisotopic (exact) mass is 445 g/mol. The third-order valence-corrected chi connectivity index (χ3v) is 4.04. The summed E-state index contributed by atoms with van der Waals surface area (Å²) >= 11 is 1.75. The zero-order chi connectivity index (χ0) is 15.8. The van der Waals surface area contributed by atoms with Gasteiger partial charge in [0.25, 0.3) is 0 Å². The lowest BCUT2D eigenvalue weighted by Crippen LogP contribution is -2.34. The van der Waals surface area contributed by atoms with Crippen LogP contribution >= 0.6 is 35.3 Å². The molecule has 0 aliphatic heterocycles. The highest BCUT2D eigenvalue weighted by Gasteiger charge is 2.04. The van der Waals surface area contributed by atoms with Crippen molar-refractivity contribution in [1.82, 2.24) is 5.32 Å². The van der Waals surface area contributed by atoms with Crippen molar-refractivity contribution in [3.05, 3.63) is 52.2 Å². The van der Waals surface area contributed by atoms with E-state index in [4.69, 9.17) is 10.5 Å². The number of hydrogen-bond acceptors (Lipinski definition) is 3. The lowest BCUT2D eigenvalue weighted by molar-refractivity contribution is 0.230. The number of aryl methyl sites for hydroxylation is 1. The maximum atomic E-state index is 5.87. The van der Waals surface area contributed by atoms with Gasteiger partial charge in [-0.1, -0.05) is 18.2 Å². The predicted octanol–water partition coefficient (Wildman–Crippen LogP) is 3.59. The summed E-state index contributed by atoms with van der Waals surface area (Å²) in [5.41, 5.74) is 7.05. The summed E-state index contributed by atoms with van der Waals surface area (Å²) < 4.78 is 5.82. The molecule has 0 spiro atoms. The van der Waals surface area contributed by atoms with E-state index in [9.17, 15) is 0 Å². The van der Waals surface area contributed by atoms with Crippen LogP contribution in [0.1, 0.15) is 17.4 Å². The van der Waals surface area contributed by atoms with Crippen molar-refractivity contribution in [2.45, 2.75) is 26.4 Å². The lowest BCUT2D eigenvalue weighted by Gasteiger charge is -2.13. The first kappa shape index (κ1) is 19.8. The molecule has 0 saturated carbocycles. The predicted molar refractivity (Wildman–Crippen MR) is 109 cm³/mol. The van der Waals surface area contributed by atoms with Gasteiger partial charge in [0.15, 0.2) is 5.96 Å². The highest BCUT2D eigenvalue weighted by Crippen LogP contribution is 2.14. The third-order valence-electron chi connectivity index (χ3n) is 3.10. The standard InChI is InChI=1S/C17H23N3OS.HI/c1-13-5-3-6-15(11-13)21-14(2)12-20-17(18)19-9-8-16-7-4-10-22-16;/h3-7,10-11,14H,8-9,12H2,1-2H3,(H3,18,19,20);1H. The summed E-state index contributed by atoms with van der Waals surface area (Å²) in [5.74, 6) is 1.34. The van der Waals surface area contributed by atoms with Gasteiger partial charge in [0.1, 0.15) is 11.9 Å². The third kappa shape index (κ3) is 7.69. The number of ether oxygens (including phenoxy) is 1. The maximum Gasteiger partial charge on any atom is 0.188 e. The average molecular weight is 445 g/mol. The summed E-state index contributed by atoms with van der Waals surface area (Å²) in [7, 11) is 0. The molecule has 0 radical (unpaired) electrons. The lowest BCUT2D eigenvalue weighted by atomic mass is 10.2. The first-order valence-electron chi connectivity index (χ1n) is 7.43. The molecule has 0 aliphatic rings. The fraction of sp³-hybridized carbons (Fsp3) is 0.353. The fourth-order valence-corrected chi connectivity index (χ4v) is 2.72. The van der Waals surface area contributed by atoms with E-state index in [1.54, 1.807) is 11.3 Å². The summed E-state index contributed by atoms with van der Waals surface area (Å²) in [6.45, 7) is 5.37. The van der Waals surface area contributed by atoms with Crippen molar-refractivity contribution in [3.8, 4) is 5.75 Å². The van der Waals surface area contributed by atoms with E-state index >= 15 is 0 Å². The van der Waals surface area contributed by atoms with Crippen LogP contribution in [-0.2, 0) is 6.42 Å². The van der Waals surface area contributed by atoms with Crippen LogP contribution in [0.3, 0.4) is 0 Å². The molecular weight excluding hydrogens is 421 g/mol. The number of thiophene rings is 1. The van der Waals surface area contributed by atoms with Crippen LogP contribution in [0.15, 0.2) is 46.8 Å². The summed E-state index contributed by atoms with van der Waals surface area (Å²) in [6.07, 6.45) is 0.947. The Bertz CT molecular complexity index is 602. The SMILES string of the molecule is Cc1cccc(OC(C)CN=C(N)NCCc2cccs2)c1.I. The normalized spacial score (nSPS) is 12.3. The Morgan fingerprint density at radius 3 is 2.87 bits per heavy atom. The molecule has 0 fully saturated rings. The van der Waals surface area contributed by atoms with E-state index < -0.39 is 0 Å². The van der Waals surface area contributed by atoms with Gasteiger partial charge in [0.05, 0.1) is 6.54 Å². The zero-order valence-electron chi connectivity index (χ0n) is 13.5. The van der Waals surface area contributed by atoms with Gasteiger partial charge in [-0.2, -0.15) is 0 Å². The van der Waals surface area contributed by atoms with E-state index in [1.165, 1.54) is 10.4 Å². The van der Waals surface area contributed by atoms with Crippen LogP contribution in [0.2, 0.25) is 0 Å². The van der Waals surface area contributed by atoms with Gasteiger partial charge in [-0.05, 0) is 49.4 Å². The van der Waals surface area contributed by atoms with E-state index in [-0.39, 0.29) is 30.1 Å². The summed E-state index contributed by atoms with van der Waals surface area (Å²) in [6, 6.07) is 12.2. The molecule has 126 valence electrons. The fourth-order valence-electron chi connectivity index (χ4n) is 2.01. The number of benzene rings is 1. The Kier molecular flexibility index (Phi) is 9.01. The molecule has 1 aromatic heterocycles. The van der Waals surface area contributed by atoms with Crippen LogP contribution in [0.4, 0.5) is 0 Å². The minimum absolute atomic E-state index is 0. The molecule has 4 nitrogen and oxygen atoms in total. The van der Waals surface area contributed by atoms with Crippen molar-refractivity contribution in [3.63, 3.8) is 0 Å². The molecular formula is C17H24IN3OS. The van der Waals surface area contributed by atoms with Crippen LogP contribution in [0.5, 0.6) is 5.75 Å². The van der Waals surface area contributed by atoms with Crippen molar-refractivity contribution < 1.29 is 4.74 Å². The molecule has 0 bridgehead atoms. The second kappa shape index (κ2) is 10.5. The van der Waals surface area contributed by atoms with Gasteiger partial charge in [-0.15, -0.1) is 35.3 Å². The van der Waals surface area contributed by atoms with E-state index in [2.05, 4.69) is 27.8 Å². The Hall–Kier alpha value is -1.28. The van der Waals surface area contributed by atoms with Gasteiger partial charge in [-0.25, -0.2) is 4.99 Å². The largest absolute Gasteiger partial charge is 0.489 e. The number of nitrogens with zero attached hydrogens (tertiary/aromatic N) is 1. The molecule has 2 aromatic rings. The molecule has 0 amide bonds. The Balaban J connectivity index is 0.00000264. The first-order chi connectivity index (χ1) is 10.6. The number of halogens is 1. The minimum Gasteiger partial charge on any atom is -0.489 e. The van der Waals surface area contributed by atoms with E-state index in [0.717, 1.165) is 18.7 Å². The second-order valence-electron chi connectivity index (χ2n) is 5.23. The summed E-state index contributed by atoms with van der Waals surface area (Å²) in [5, 5.41) is 5.21. The van der Waals surface area contributed by atoms with Crippen molar-refractivity contribution in [2.75, 3.05) is 13.1 Å². The molecule has 1 aromatic carbocycles. The van der Waals surface area contributed by atoms with Gasteiger partial charge >= 0.3 is 0 Å². The molecule has 1 atom stereocenters.